The molecule has 0 aliphatic carbocycles. The molecule has 1 aromatic heterocycles. The fourth-order valence-corrected chi connectivity index (χ4v) is 4.45. The average Bonchev–Trinajstić information content (AvgIpc) is 2.78. The second-order valence-electron chi connectivity index (χ2n) is 7.52. The van der Waals surface area contributed by atoms with Gasteiger partial charge in [0.15, 0.2) is 9.84 Å². The average molecular weight is 448 g/mol. The third kappa shape index (κ3) is 4.70. The van der Waals surface area contributed by atoms with Crippen LogP contribution in [0.25, 0.3) is 17.0 Å². The van der Waals surface area contributed by atoms with Crippen molar-refractivity contribution in [3.05, 3.63) is 106 Å². The highest BCUT2D eigenvalue weighted by molar-refractivity contribution is 7.94. The number of ether oxygens (including phenoxy) is 1. The Morgan fingerprint density at radius 3 is 2.47 bits per heavy atom. The Labute approximate surface area is 186 Å². The molecule has 6 heteroatoms. The summed E-state index contributed by atoms with van der Waals surface area (Å²) >= 11 is 0. The lowest BCUT2D eigenvalue weighted by atomic mass is 10.1. The van der Waals surface area contributed by atoms with Crippen molar-refractivity contribution in [3.63, 3.8) is 0 Å². The van der Waals surface area contributed by atoms with E-state index >= 15 is 0 Å². The van der Waals surface area contributed by atoms with Gasteiger partial charge in [-0.2, -0.15) is 0 Å². The summed E-state index contributed by atoms with van der Waals surface area (Å²) in [5.41, 5.74) is 3.68. The number of rotatable bonds is 6. The topological polar surface area (TPSA) is 56.3 Å². The lowest BCUT2D eigenvalue weighted by molar-refractivity contribution is 0.307. The fraction of sp³-hybridized carbons (Fsp3) is 0.115. The van der Waals surface area contributed by atoms with Crippen LogP contribution in [-0.4, -0.2) is 13.4 Å². The van der Waals surface area contributed by atoms with Gasteiger partial charge in [-0.3, -0.25) is 4.98 Å². The van der Waals surface area contributed by atoms with Crippen molar-refractivity contribution >= 4 is 26.8 Å². The molecule has 0 aliphatic heterocycles. The summed E-state index contributed by atoms with van der Waals surface area (Å²) in [6.07, 6.45) is 1.60. The number of aryl methyl sites for hydroxylation is 2. The van der Waals surface area contributed by atoms with Crippen molar-refractivity contribution in [2.45, 2.75) is 25.3 Å². The number of fused-ring (bicyclic) bond motifs is 1. The van der Waals surface area contributed by atoms with Crippen molar-refractivity contribution in [3.8, 4) is 5.75 Å². The van der Waals surface area contributed by atoms with E-state index in [0.717, 1.165) is 16.7 Å². The van der Waals surface area contributed by atoms with E-state index < -0.39 is 9.84 Å². The van der Waals surface area contributed by atoms with Gasteiger partial charge in [0, 0.05) is 22.1 Å². The van der Waals surface area contributed by atoms with Gasteiger partial charge in [-0.15, -0.1) is 0 Å². The number of aromatic nitrogens is 1. The van der Waals surface area contributed by atoms with Gasteiger partial charge in [-0.25, -0.2) is 12.8 Å². The molecule has 4 rings (SSSR count). The standard InChI is InChI=1S/C26H22FNO3S/c1-18-6-3-4-7-20(18)14-15-32(29,30)23-12-10-22(11-13-23)31-17-21-16-19(2)28-26-24(21)8-5-9-25(26)27/h3-16H,17H2,1-2H3/b15-14+. The quantitative estimate of drug-likeness (QED) is 0.363. The zero-order chi connectivity index (χ0) is 22.7. The Hall–Kier alpha value is -3.51. The Morgan fingerprint density at radius 1 is 0.969 bits per heavy atom. The molecule has 162 valence electrons. The van der Waals surface area contributed by atoms with Gasteiger partial charge >= 0.3 is 0 Å². The van der Waals surface area contributed by atoms with Crippen LogP contribution in [0.1, 0.15) is 22.4 Å². The van der Waals surface area contributed by atoms with E-state index in [-0.39, 0.29) is 17.3 Å². The fourth-order valence-electron chi connectivity index (χ4n) is 3.45. The molecule has 0 unspecified atom stereocenters. The van der Waals surface area contributed by atoms with Crippen LogP contribution in [0, 0.1) is 19.7 Å². The summed E-state index contributed by atoms with van der Waals surface area (Å²) in [5, 5.41) is 1.90. The summed E-state index contributed by atoms with van der Waals surface area (Å²) in [6.45, 7) is 3.95. The number of sulfone groups is 1. The number of benzene rings is 3. The van der Waals surface area contributed by atoms with Gasteiger partial charge in [-0.1, -0.05) is 36.4 Å². The lowest BCUT2D eigenvalue weighted by Crippen LogP contribution is -2.01. The van der Waals surface area contributed by atoms with Crippen LogP contribution in [-0.2, 0) is 16.4 Å². The molecule has 0 saturated carbocycles. The zero-order valence-electron chi connectivity index (χ0n) is 17.7. The third-order valence-corrected chi connectivity index (χ3v) is 6.59. The highest BCUT2D eigenvalue weighted by atomic mass is 32.2. The molecule has 0 saturated heterocycles. The van der Waals surface area contributed by atoms with Crippen LogP contribution in [0.15, 0.2) is 83.1 Å². The van der Waals surface area contributed by atoms with Crippen LogP contribution >= 0.6 is 0 Å². The molecule has 0 fully saturated rings. The maximum atomic E-state index is 14.1. The number of nitrogens with zero attached hydrogens (tertiary/aromatic N) is 1. The van der Waals surface area contributed by atoms with Crippen molar-refractivity contribution in [1.29, 1.82) is 0 Å². The molecule has 3 aromatic carbocycles. The summed E-state index contributed by atoms with van der Waals surface area (Å²) in [4.78, 5) is 4.45. The summed E-state index contributed by atoms with van der Waals surface area (Å²) in [5.74, 6) is 0.145. The molecule has 32 heavy (non-hydrogen) atoms. The number of hydrogen-bond donors (Lipinski definition) is 0. The van der Waals surface area contributed by atoms with Gasteiger partial charge in [0.05, 0.1) is 4.90 Å². The molecule has 0 N–H and O–H groups in total. The monoisotopic (exact) mass is 447 g/mol. The van der Waals surface area contributed by atoms with Crippen molar-refractivity contribution < 1.29 is 17.5 Å². The molecule has 4 nitrogen and oxygen atoms in total. The van der Waals surface area contributed by atoms with Crippen LogP contribution in [0.4, 0.5) is 4.39 Å². The normalized spacial score (nSPS) is 11.8. The smallest absolute Gasteiger partial charge is 0.199 e. The molecule has 1 heterocycles. The molecule has 0 spiro atoms. The molecule has 0 amide bonds. The van der Waals surface area contributed by atoms with E-state index in [9.17, 15) is 12.8 Å². The van der Waals surface area contributed by atoms with E-state index in [2.05, 4.69) is 4.98 Å². The Bertz CT molecular complexity index is 1410. The zero-order valence-corrected chi connectivity index (χ0v) is 18.6. The summed E-state index contributed by atoms with van der Waals surface area (Å²) < 4.78 is 45.2. The minimum atomic E-state index is -3.58. The molecule has 0 aliphatic rings. The van der Waals surface area contributed by atoms with Crippen LogP contribution < -0.4 is 4.74 Å². The van der Waals surface area contributed by atoms with E-state index in [0.29, 0.717) is 22.3 Å². The summed E-state index contributed by atoms with van der Waals surface area (Å²) in [6, 6.07) is 20.5. The minimum absolute atomic E-state index is 0.182. The highest BCUT2D eigenvalue weighted by Gasteiger charge is 2.12. The van der Waals surface area contributed by atoms with Gasteiger partial charge < -0.3 is 4.74 Å². The van der Waals surface area contributed by atoms with Gasteiger partial charge in [0.25, 0.3) is 0 Å². The predicted octanol–water partition coefficient (Wildman–Crippen LogP) is 6.01. The molecule has 0 bridgehead atoms. The number of para-hydroxylation sites is 1. The van der Waals surface area contributed by atoms with Crippen LogP contribution in [0.5, 0.6) is 5.75 Å². The largest absolute Gasteiger partial charge is 0.489 e. The first-order valence-corrected chi connectivity index (χ1v) is 11.6. The molecular weight excluding hydrogens is 425 g/mol. The van der Waals surface area contributed by atoms with Crippen LogP contribution in [0.3, 0.4) is 0 Å². The van der Waals surface area contributed by atoms with Gasteiger partial charge in [0.1, 0.15) is 23.7 Å². The van der Waals surface area contributed by atoms with E-state index in [1.807, 2.05) is 37.3 Å². The van der Waals surface area contributed by atoms with E-state index in [1.54, 1.807) is 37.3 Å². The number of halogens is 1. The Kier molecular flexibility index (Phi) is 6.06. The Morgan fingerprint density at radius 2 is 1.72 bits per heavy atom. The lowest BCUT2D eigenvalue weighted by Gasteiger charge is -2.11. The maximum Gasteiger partial charge on any atom is 0.199 e. The minimum Gasteiger partial charge on any atom is -0.489 e. The highest BCUT2D eigenvalue weighted by Crippen LogP contribution is 2.24. The van der Waals surface area contributed by atoms with Crippen molar-refractivity contribution in [2.75, 3.05) is 0 Å². The first-order chi connectivity index (χ1) is 15.3. The maximum absolute atomic E-state index is 14.1. The second kappa shape index (κ2) is 8.93. The van der Waals surface area contributed by atoms with Crippen molar-refractivity contribution in [2.24, 2.45) is 0 Å². The van der Waals surface area contributed by atoms with Crippen LogP contribution in [0.2, 0.25) is 0 Å². The first kappa shape index (κ1) is 21.7. The molecule has 4 aromatic rings. The van der Waals surface area contributed by atoms with Gasteiger partial charge in [0.2, 0.25) is 0 Å². The third-order valence-electron chi connectivity index (χ3n) is 5.17. The molecule has 0 radical (unpaired) electrons. The SMILES string of the molecule is Cc1cc(COc2ccc(S(=O)(=O)/C=C/c3ccccc3C)cc2)c2cccc(F)c2n1. The second-order valence-corrected chi connectivity index (χ2v) is 9.36. The number of hydrogen-bond acceptors (Lipinski definition) is 4. The molecular formula is C26H22FNO3S. The predicted molar refractivity (Wildman–Crippen MR) is 125 cm³/mol. The first-order valence-electron chi connectivity index (χ1n) is 10.1. The van der Waals surface area contributed by atoms with Crippen molar-refractivity contribution in [1.82, 2.24) is 4.98 Å². The van der Waals surface area contributed by atoms with E-state index in [4.69, 9.17) is 4.74 Å². The molecule has 0 atom stereocenters. The Balaban J connectivity index is 1.51. The van der Waals surface area contributed by atoms with Gasteiger partial charge in [-0.05, 0) is 67.4 Å². The number of pyridine rings is 1. The summed E-state index contributed by atoms with van der Waals surface area (Å²) in [7, 11) is -3.58. The van der Waals surface area contributed by atoms with E-state index in [1.165, 1.54) is 23.6 Å².